The van der Waals surface area contributed by atoms with E-state index in [0.717, 1.165) is 35.4 Å². The topological polar surface area (TPSA) is 59.1 Å². The molecule has 22 heavy (non-hydrogen) atoms. The highest BCUT2D eigenvalue weighted by molar-refractivity contribution is 7.90. The first-order valence-electron chi connectivity index (χ1n) is 6.95. The van der Waals surface area contributed by atoms with Crippen LogP contribution in [0.15, 0.2) is 29.3 Å². The number of anilines is 2. The molecule has 0 saturated carbocycles. The predicted octanol–water partition coefficient (Wildman–Crippen LogP) is 3.55. The third-order valence-electron chi connectivity index (χ3n) is 3.75. The van der Waals surface area contributed by atoms with Crippen LogP contribution in [0.25, 0.3) is 0 Å². The van der Waals surface area contributed by atoms with E-state index in [1.165, 1.54) is 12.1 Å². The Labute approximate surface area is 130 Å². The van der Waals surface area contributed by atoms with Gasteiger partial charge in [-0.15, -0.1) is 0 Å². The molecule has 118 valence electrons. The Bertz CT molecular complexity index is 817. The highest BCUT2D eigenvalue weighted by Crippen LogP contribution is 2.26. The predicted molar refractivity (Wildman–Crippen MR) is 85.9 cm³/mol. The molecular formula is C16H19FN2O2S. The lowest BCUT2D eigenvalue weighted by Crippen LogP contribution is -2.04. The minimum Gasteiger partial charge on any atom is -0.338 e. The molecule has 2 aromatic rings. The Kier molecular flexibility index (Phi) is 4.51. The van der Waals surface area contributed by atoms with Crippen molar-refractivity contribution in [2.75, 3.05) is 11.6 Å². The van der Waals surface area contributed by atoms with Crippen molar-refractivity contribution in [1.29, 1.82) is 0 Å². The molecule has 0 radical (unpaired) electrons. The number of benzene rings is 1. The molecule has 0 fully saturated rings. The van der Waals surface area contributed by atoms with Gasteiger partial charge >= 0.3 is 0 Å². The summed E-state index contributed by atoms with van der Waals surface area (Å²) < 4.78 is 36.9. The lowest BCUT2D eigenvalue weighted by molar-refractivity contribution is 0.596. The van der Waals surface area contributed by atoms with Crippen LogP contribution in [0.5, 0.6) is 0 Å². The molecule has 0 unspecified atom stereocenters. The second kappa shape index (κ2) is 6.04. The van der Waals surface area contributed by atoms with Gasteiger partial charge in [-0.25, -0.2) is 17.8 Å². The Morgan fingerprint density at radius 2 is 1.91 bits per heavy atom. The van der Waals surface area contributed by atoms with Crippen molar-refractivity contribution in [3.63, 3.8) is 0 Å². The lowest BCUT2D eigenvalue weighted by Gasteiger charge is -2.14. The van der Waals surface area contributed by atoms with Gasteiger partial charge in [0.1, 0.15) is 11.6 Å². The molecule has 0 aliphatic heterocycles. The Morgan fingerprint density at radius 1 is 1.23 bits per heavy atom. The fraction of sp³-hybridized carbons (Fsp3) is 0.312. The van der Waals surface area contributed by atoms with E-state index in [2.05, 4.69) is 17.2 Å². The SMILES string of the molecule is CCc1cnc(Nc2ccc(S(C)(=O)=O)cc2F)c(C)c1C. The van der Waals surface area contributed by atoms with E-state index < -0.39 is 15.7 Å². The summed E-state index contributed by atoms with van der Waals surface area (Å²) in [6.45, 7) is 5.98. The molecule has 0 amide bonds. The summed E-state index contributed by atoms with van der Waals surface area (Å²) in [4.78, 5) is 4.28. The normalized spacial score (nSPS) is 11.5. The molecule has 1 aromatic carbocycles. The number of pyridine rings is 1. The van der Waals surface area contributed by atoms with Gasteiger partial charge in [0.25, 0.3) is 0 Å². The van der Waals surface area contributed by atoms with Crippen molar-refractivity contribution in [2.24, 2.45) is 0 Å². The molecule has 1 aromatic heterocycles. The smallest absolute Gasteiger partial charge is 0.175 e. The first-order chi connectivity index (χ1) is 10.2. The average molecular weight is 322 g/mol. The molecule has 1 heterocycles. The second-order valence-electron chi connectivity index (χ2n) is 5.27. The quantitative estimate of drug-likeness (QED) is 0.935. The monoisotopic (exact) mass is 322 g/mol. The second-order valence-corrected chi connectivity index (χ2v) is 7.29. The van der Waals surface area contributed by atoms with Gasteiger partial charge in [0.05, 0.1) is 10.6 Å². The van der Waals surface area contributed by atoms with E-state index in [1.54, 1.807) is 6.20 Å². The number of aromatic nitrogens is 1. The average Bonchev–Trinajstić information content (AvgIpc) is 2.45. The Balaban J connectivity index is 2.38. The molecule has 0 spiro atoms. The first kappa shape index (κ1) is 16.4. The molecule has 4 nitrogen and oxygen atoms in total. The fourth-order valence-corrected chi connectivity index (χ4v) is 2.83. The molecule has 1 N–H and O–H groups in total. The summed E-state index contributed by atoms with van der Waals surface area (Å²) in [5, 5.41) is 2.93. The van der Waals surface area contributed by atoms with Gasteiger partial charge in [-0.1, -0.05) is 6.92 Å². The molecule has 0 aliphatic rings. The van der Waals surface area contributed by atoms with E-state index in [9.17, 15) is 12.8 Å². The minimum atomic E-state index is -3.42. The Hall–Kier alpha value is -1.95. The maximum Gasteiger partial charge on any atom is 0.175 e. The molecule has 6 heteroatoms. The van der Waals surface area contributed by atoms with Crippen LogP contribution in [0.3, 0.4) is 0 Å². The summed E-state index contributed by atoms with van der Waals surface area (Å²) in [5.74, 6) is -0.0537. The molecule has 0 aliphatic carbocycles. The molecular weight excluding hydrogens is 303 g/mol. The summed E-state index contributed by atoms with van der Waals surface area (Å²) in [5.41, 5.74) is 3.42. The van der Waals surface area contributed by atoms with Gasteiger partial charge in [0.2, 0.25) is 0 Å². The van der Waals surface area contributed by atoms with Crippen LogP contribution in [0, 0.1) is 19.7 Å². The maximum atomic E-state index is 14.1. The van der Waals surface area contributed by atoms with Gasteiger partial charge in [-0.3, -0.25) is 0 Å². The number of sulfone groups is 1. The zero-order valence-corrected chi connectivity index (χ0v) is 13.9. The number of halogens is 1. The molecule has 0 saturated heterocycles. The van der Waals surface area contributed by atoms with Crippen molar-refractivity contribution in [2.45, 2.75) is 32.1 Å². The number of nitrogens with one attached hydrogen (secondary N) is 1. The highest BCUT2D eigenvalue weighted by Gasteiger charge is 2.13. The maximum absolute atomic E-state index is 14.1. The van der Waals surface area contributed by atoms with Gasteiger partial charge in [0, 0.05) is 12.5 Å². The number of nitrogens with zero attached hydrogens (tertiary/aromatic N) is 1. The molecule has 0 bridgehead atoms. The van der Waals surface area contributed by atoms with Crippen molar-refractivity contribution >= 4 is 21.3 Å². The van der Waals surface area contributed by atoms with E-state index in [4.69, 9.17) is 0 Å². The lowest BCUT2D eigenvalue weighted by atomic mass is 10.0. The van der Waals surface area contributed by atoms with E-state index in [0.29, 0.717) is 5.82 Å². The summed E-state index contributed by atoms with van der Waals surface area (Å²) in [7, 11) is -3.42. The van der Waals surface area contributed by atoms with Crippen LogP contribution in [-0.4, -0.2) is 19.7 Å². The Morgan fingerprint density at radius 3 is 2.45 bits per heavy atom. The zero-order chi connectivity index (χ0) is 16.5. The van der Waals surface area contributed by atoms with Crippen LogP contribution < -0.4 is 5.32 Å². The van der Waals surface area contributed by atoms with Crippen molar-refractivity contribution in [3.05, 3.63) is 46.9 Å². The van der Waals surface area contributed by atoms with E-state index in [-0.39, 0.29) is 10.6 Å². The zero-order valence-electron chi connectivity index (χ0n) is 13.1. The van der Waals surface area contributed by atoms with E-state index in [1.807, 2.05) is 13.8 Å². The minimum absolute atomic E-state index is 0.0438. The van der Waals surface area contributed by atoms with Crippen LogP contribution in [-0.2, 0) is 16.3 Å². The van der Waals surface area contributed by atoms with Crippen molar-refractivity contribution in [1.82, 2.24) is 4.98 Å². The van der Waals surface area contributed by atoms with Crippen molar-refractivity contribution < 1.29 is 12.8 Å². The largest absolute Gasteiger partial charge is 0.338 e. The van der Waals surface area contributed by atoms with Crippen LogP contribution >= 0.6 is 0 Å². The van der Waals surface area contributed by atoms with Gasteiger partial charge < -0.3 is 5.32 Å². The summed E-state index contributed by atoms with van der Waals surface area (Å²) in [6.07, 6.45) is 3.71. The standard InChI is InChI=1S/C16H19FN2O2S/c1-5-12-9-18-16(11(3)10(12)2)19-15-7-6-13(8-14(15)17)22(4,20)21/h6-9H,5H2,1-4H3,(H,18,19). The van der Waals surface area contributed by atoms with Crippen LogP contribution in [0.2, 0.25) is 0 Å². The van der Waals surface area contributed by atoms with Gasteiger partial charge in [0.15, 0.2) is 9.84 Å². The summed E-state index contributed by atoms with van der Waals surface area (Å²) >= 11 is 0. The summed E-state index contributed by atoms with van der Waals surface area (Å²) in [6, 6.07) is 3.81. The van der Waals surface area contributed by atoms with E-state index >= 15 is 0 Å². The van der Waals surface area contributed by atoms with Crippen molar-refractivity contribution in [3.8, 4) is 0 Å². The van der Waals surface area contributed by atoms with Gasteiger partial charge in [-0.05, 0) is 55.2 Å². The third-order valence-corrected chi connectivity index (χ3v) is 4.86. The first-order valence-corrected chi connectivity index (χ1v) is 8.85. The number of hydrogen-bond donors (Lipinski definition) is 1. The third kappa shape index (κ3) is 3.27. The fourth-order valence-electron chi connectivity index (χ4n) is 2.19. The molecule has 0 atom stereocenters. The van der Waals surface area contributed by atoms with Crippen LogP contribution in [0.1, 0.15) is 23.6 Å². The number of aryl methyl sites for hydroxylation is 1. The highest BCUT2D eigenvalue weighted by atomic mass is 32.2. The van der Waals surface area contributed by atoms with Gasteiger partial charge in [-0.2, -0.15) is 0 Å². The number of hydrogen-bond acceptors (Lipinski definition) is 4. The number of rotatable bonds is 4. The molecule has 2 rings (SSSR count). The van der Waals surface area contributed by atoms with Crippen LogP contribution in [0.4, 0.5) is 15.9 Å².